The average Bonchev–Trinajstić information content (AvgIpc) is 3.11. The third kappa shape index (κ3) is 2.07. The first-order chi connectivity index (χ1) is 11.7. The molecule has 0 spiro atoms. The van der Waals surface area contributed by atoms with E-state index in [9.17, 15) is 9.59 Å². The number of Topliss-reactive ketones (excluding diaryl/α,β-unsaturated/α-hetero) is 1. The SMILES string of the molecule is CCOC(=O)[C@@H]1C(=O)c2[nH]c3ccccc3c2[C@H]1c1ccccc1. The van der Waals surface area contributed by atoms with Crippen LogP contribution in [0.5, 0.6) is 0 Å². The van der Waals surface area contributed by atoms with E-state index in [0.717, 1.165) is 22.0 Å². The van der Waals surface area contributed by atoms with Crippen LogP contribution in [-0.2, 0) is 9.53 Å². The predicted molar refractivity (Wildman–Crippen MR) is 91.0 cm³/mol. The standard InChI is InChI=1S/C20H17NO3/c1-2-24-20(23)17-15(12-8-4-3-5-9-12)16-13-10-6-7-11-14(13)21-18(16)19(17)22/h3-11,15,17,21H,2H2,1H3/t15-,17+/m1/s1. The van der Waals surface area contributed by atoms with Gasteiger partial charge in [0.2, 0.25) is 0 Å². The number of nitrogens with one attached hydrogen (secondary N) is 1. The van der Waals surface area contributed by atoms with Crippen LogP contribution in [0, 0.1) is 5.92 Å². The van der Waals surface area contributed by atoms with Gasteiger partial charge in [0.05, 0.1) is 12.3 Å². The van der Waals surface area contributed by atoms with E-state index in [2.05, 4.69) is 4.98 Å². The lowest BCUT2D eigenvalue weighted by Gasteiger charge is -2.19. The van der Waals surface area contributed by atoms with Crippen molar-refractivity contribution in [1.82, 2.24) is 4.98 Å². The zero-order valence-corrected chi connectivity index (χ0v) is 13.3. The second kappa shape index (κ2) is 5.64. The number of hydrogen-bond donors (Lipinski definition) is 1. The Morgan fingerprint density at radius 3 is 2.54 bits per heavy atom. The lowest BCUT2D eigenvalue weighted by Crippen LogP contribution is -2.27. The van der Waals surface area contributed by atoms with Crippen molar-refractivity contribution in [2.75, 3.05) is 6.61 Å². The van der Waals surface area contributed by atoms with E-state index in [1.165, 1.54) is 0 Å². The summed E-state index contributed by atoms with van der Waals surface area (Å²) in [5.41, 5.74) is 3.30. The number of esters is 1. The molecule has 3 aromatic rings. The summed E-state index contributed by atoms with van der Waals surface area (Å²) in [6.45, 7) is 2.02. The summed E-state index contributed by atoms with van der Waals surface area (Å²) in [6.07, 6.45) is 0. The molecule has 1 aliphatic rings. The number of aromatic amines is 1. The van der Waals surface area contributed by atoms with Gasteiger partial charge < -0.3 is 9.72 Å². The molecule has 4 rings (SSSR count). The van der Waals surface area contributed by atoms with E-state index in [4.69, 9.17) is 4.74 Å². The molecule has 4 nitrogen and oxygen atoms in total. The first-order valence-corrected chi connectivity index (χ1v) is 8.08. The molecule has 2 aromatic carbocycles. The summed E-state index contributed by atoms with van der Waals surface area (Å²) >= 11 is 0. The molecule has 1 aromatic heterocycles. The van der Waals surface area contributed by atoms with Crippen LogP contribution in [-0.4, -0.2) is 23.3 Å². The van der Waals surface area contributed by atoms with Gasteiger partial charge in [0, 0.05) is 16.8 Å². The van der Waals surface area contributed by atoms with Crippen molar-refractivity contribution in [3.8, 4) is 0 Å². The molecule has 1 N–H and O–H groups in total. The number of ether oxygens (including phenoxy) is 1. The normalized spacial score (nSPS) is 19.5. The number of benzene rings is 2. The highest BCUT2D eigenvalue weighted by atomic mass is 16.5. The van der Waals surface area contributed by atoms with E-state index < -0.39 is 11.9 Å². The van der Waals surface area contributed by atoms with Crippen molar-refractivity contribution in [1.29, 1.82) is 0 Å². The summed E-state index contributed by atoms with van der Waals surface area (Å²) < 4.78 is 5.19. The highest BCUT2D eigenvalue weighted by Crippen LogP contribution is 2.46. The maximum Gasteiger partial charge on any atom is 0.317 e. The van der Waals surface area contributed by atoms with Gasteiger partial charge in [-0.05, 0) is 24.1 Å². The van der Waals surface area contributed by atoms with Crippen molar-refractivity contribution in [2.24, 2.45) is 5.92 Å². The number of carbonyl (C=O) groups is 2. The molecule has 0 amide bonds. The predicted octanol–water partition coefficient (Wildman–Crippen LogP) is 3.68. The number of aromatic nitrogens is 1. The molecular formula is C20H17NO3. The van der Waals surface area contributed by atoms with Gasteiger partial charge in [0.15, 0.2) is 5.78 Å². The first-order valence-electron chi connectivity index (χ1n) is 8.08. The van der Waals surface area contributed by atoms with Crippen LogP contribution in [0.4, 0.5) is 0 Å². The van der Waals surface area contributed by atoms with Gasteiger partial charge in [-0.2, -0.15) is 0 Å². The monoisotopic (exact) mass is 319 g/mol. The summed E-state index contributed by atoms with van der Waals surface area (Å²) in [5, 5.41) is 0.988. The molecule has 1 heterocycles. The summed E-state index contributed by atoms with van der Waals surface area (Å²) in [5.74, 6) is -1.78. The summed E-state index contributed by atoms with van der Waals surface area (Å²) in [6, 6.07) is 17.5. The van der Waals surface area contributed by atoms with E-state index in [0.29, 0.717) is 5.69 Å². The molecule has 0 unspecified atom stereocenters. The maximum absolute atomic E-state index is 12.9. The van der Waals surface area contributed by atoms with Gasteiger partial charge in [-0.25, -0.2) is 0 Å². The minimum atomic E-state index is -0.821. The van der Waals surface area contributed by atoms with Crippen LogP contribution in [0.15, 0.2) is 54.6 Å². The molecule has 1 aliphatic carbocycles. The highest BCUT2D eigenvalue weighted by molar-refractivity contribution is 6.16. The Kier molecular flexibility index (Phi) is 3.45. The zero-order chi connectivity index (χ0) is 16.7. The number of rotatable bonds is 3. The van der Waals surface area contributed by atoms with E-state index >= 15 is 0 Å². The van der Waals surface area contributed by atoms with Gasteiger partial charge in [0.1, 0.15) is 5.92 Å². The fourth-order valence-electron chi connectivity index (χ4n) is 3.65. The number of ketones is 1. The molecule has 0 bridgehead atoms. The van der Waals surface area contributed by atoms with Crippen molar-refractivity contribution in [3.05, 3.63) is 71.4 Å². The Morgan fingerprint density at radius 1 is 1.08 bits per heavy atom. The molecule has 4 heteroatoms. The molecular weight excluding hydrogens is 302 g/mol. The van der Waals surface area contributed by atoms with Crippen molar-refractivity contribution < 1.29 is 14.3 Å². The van der Waals surface area contributed by atoms with Crippen LogP contribution in [0.25, 0.3) is 10.9 Å². The largest absolute Gasteiger partial charge is 0.465 e. The molecule has 2 atom stereocenters. The topological polar surface area (TPSA) is 59.2 Å². The van der Waals surface area contributed by atoms with Crippen LogP contribution in [0.1, 0.15) is 34.5 Å². The Balaban J connectivity index is 1.95. The maximum atomic E-state index is 12.9. The fourth-order valence-corrected chi connectivity index (χ4v) is 3.65. The third-order valence-electron chi connectivity index (χ3n) is 4.62. The number of fused-ring (bicyclic) bond motifs is 3. The molecule has 0 fully saturated rings. The van der Waals surface area contributed by atoms with Crippen LogP contribution in [0.2, 0.25) is 0 Å². The van der Waals surface area contributed by atoms with E-state index in [1.807, 2.05) is 54.6 Å². The lowest BCUT2D eigenvalue weighted by molar-refractivity contribution is -0.146. The third-order valence-corrected chi connectivity index (χ3v) is 4.62. The minimum Gasteiger partial charge on any atom is -0.465 e. The smallest absolute Gasteiger partial charge is 0.317 e. The highest BCUT2D eigenvalue weighted by Gasteiger charge is 2.48. The Hall–Kier alpha value is -2.88. The van der Waals surface area contributed by atoms with Gasteiger partial charge in [-0.15, -0.1) is 0 Å². The van der Waals surface area contributed by atoms with Gasteiger partial charge >= 0.3 is 5.97 Å². The van der Waals surface area contributed by atoms with Crippen LogP contribution < -0.4 is 0 Å². The van der Waals surface area contributed by atoms with Crippen LogP contribution in [0.3, 0.4) is 0 Å². The molecule has 0 saturated carbocycles. The Bertz CT molecular complexity index is 926. The van der Waals surface area contributed by atoms with Gasteiger partial charge in [-0.3, -0.25) is 9.59 Å². The zero-order valence-electron chi connectivity index (χ0n) is 13.3. The molecule has 0 radical (unpaired) electrons. The Labute approximate surface area is 139 Å². The number of para-hydroxylation sites is 1. The summed E-state index contributed by atoms with van der Waals surface area (Å²) in [7, 11) is 0. The fraction of sp³-hybridized carbons (Fsp3) is 0.200. The summed E-state index contributed by atoms with van der Waals surface area (Å²) in [4.78, 5) is 28.6. The second-order valence-electron chi connectivity index (χ2n) is 5.94. The van der Waals surface area contributed by atoms with E-state index in [1.54, 1.807) is 6.92 Å². The quantitative estimate of drug-likeness (QED) is 0.592. The van der Waals surface area contributed by atoms with Gasteiger partial charge in [-0.1, -0.05) is 48.5 Å². The number of carbonyl (C=O) groups excluding carboxylic acids is 2. The Morgan fingerprint density at radius 2 is 1.79 bits per heavy atom. The molecule has 120 valence electrons. The number of H-pyrrole nitrogens is 1. The molecule has 0 aliphatic heterocycles. The van der Waals surface area contributed by atoms with Gasteiger partial charge in [0.25, 0.3) is 0 Å². The molecule has 0 saturated heterocycles. The van der Waals surface area contributed by atoms with Crippen LogP contribution >= 0.6 is 0 Å². The average molecular weight is 319 g/mol. The van der Waals surface area contributed by atoms with E-state index in [-0.39, 0.29) is 18.3 Å². The molecule has 24 heavy (non-hydrogen) atoms. The van der Waals surface area contributed by atoms with Crippen molar-refractivity contribution in [3.63, 3.8) is 0 Å². The number of hydrogen-bond acceptors (Lipinski definition) is 3. The second-order valence-corrected chi connectivity index (χ2v) is 5.94. The van der Waals surface area contributed by atoms with Crippen molar-refractivity contribution >= 4 is 22.7 Å². The lowest BCUT2D eigenvalue weighted by atomic mass is 9.84. The first kappa shape index (κ1) is 14.7. The minimum absolute atomic E-state index is 0.187. The van der Waals surface area contributed by atoms with Crippen molar-refractivity contribution in [2.45, 2.75) is 12.8 Å².